The lowest BCUT2D eigenvalue weighted by atomic mass is 9.54. The molecule has 0 aliphatic heterocycles. The molecule has 0 bridgehead atoms. The SMILES string of the molecule is C=C=C1CC[C@H]2[C@@H]3C=CC4=CC(=O)CC[C@@H]4[C@H]3CC[C@]12C. The highest BCUT2D eigenvalue weighted by Crippen LogP contribution is 2.61. The molecular formula is C20H24O. The van der Waals surface area contributed by atoms with E-state index in [4.69, 9.17) is 0 Å². The van der Waals surface area contributed by atoms with Crippen LogP contribution in [0.2, 0.25) is 0 Å². The topological polar surface area (TPSA) is 17.1 Å². The molecule has 5 atom stereocenters. The monoisotopic (exact) mass is 280 g/mol. The normalized spacial score (nSPS) is 44.5. The molecule has 0 aromatic carbocycles. The first-order valence-corrected chi connectivity index (χ1v) is 8.45. The summed E-state index contributed by atoms with van der Waals surface area (Å²) in [6, 6.07) is 0. The molecule has 110 valence electrons. The Kier molecular flexibility index (Phi) is 2.91. The molecule has 0 spiro atoms. The number of hydrogen-bond donors (Lipinski definition) is 0. The van der Waals surface area contributed by atoms with Crippen LogP contribution >= 0.6 is 0 Å². The summed E-state index contributed by atoms with van der Waals surface area (Å²) in [5.74, 6) is 3.18. The van der Waals surface area contributed by atoms with E-state index in [1.807, 2.05) is 6.08 Å². The summed E-state index contributed by atoms with van der Waals surface area (Å²) in [5.41, 5.74) is 6.37. The number of rotatable bonds is 0. The van der Waals surface area contributed by atoms with Crippen LogP contribution < -0.4 is 0 Å². The molecule has 2 fully saturated rings. The van der Waals surface area contributed by atoms with Crippen molar-refractivity contribution < 1.29 is 4.79 Å². The first-order valence-electron chi connectivity index (χ1n) is 8.45. The van der Waals surface area contributed by atoms with E-state index in [2.05, 4.69) is 31.4 Å². The van der Waals surface area contributed by atoms with Gasteiger partial charge in [0.05, 0.1) is 0 Å². The Balaban J connectivity index is 1.72. The van der Waals surface area contributed by atoms with E-state index >= 15 is 0 Å². The molecule has 0 radical (unpaired) electrons. The van der Waals surface area contributed by atoms with Gasteiger partial charge in [-0.25, -0.2) is 0 Å². The van der Waals surface area contributed by atoms with Crippen LogP contribution in [0, 0.1) is 29.1 Å². The van der Waals surface area contributed by atoms with Crippen LogP contribution in [0.15, 0.2) is 41.7 Å². The first kappa shape index (κ1) is 13.3. The summed E-state index contributed by atoms with van der Waals surface area (Å²) in [6.45, 7) is 6.37. The highest BCUT2D eigenvalue weighted by molar-refractivity contribution is 5.91. The highest BCUT2D eigenvalue weighted by atomic mass is 16.1. The van der Waals surface area contributed by atoms with Crippen molar-refractivity contribution in [2.24, 2.45) is 29.1 Å². The predicted octanol–water partition coefficient (Wildman–Crippen LogP) is 4.62. The van der Waals surface area contributed by atoms with Gasteiger partial charge < -0.3 is 0 Å². The minimum atomic E-state index is 0.322. The van der Waals surface area contributed by atoms with Gasteiger partial charge in [0.1, 0.15) is 0 Å². The number of carbonyl (C=O) groups excluding carboxylic acids is 1. The molecule has 0 aromatic rings. The van der Waals surface area contributed by atoms with Crippen LogP contribution in [0.5, 0.6) is 0 Å². The summed E-state index contributed by atoms with van der Waals surface area (Å²) in [7, 11) is 0. The molecule has 0 N–H and O–H groups in total. The van der Waals surface area contributed by atoms with E-state index < -0.39 is 0 Å². The number of carbonyl (C=O) groups is 1. The van der Waals surface area contributed by atoms with Crippen molar-refractivity contribution in [1.29, 1.82) is 0 Å². The molecule has 0 amide bonds. The molecule has 4 aliphatic carbocycles. The maximum Gasteiger partial charge on any atom is 0.155 e. The molecule has 2 saturated carbocycles. The molecule has 1 heteroatoms. The molecule has 1 nitrogen and oxygen atoms in total. The smallest absolute Gasteiger partial charge is 0.155 e. The van der Waals surface area contributed by atoms with Crippen molar-refractivity contribution in [3.05, 3.63) is 41.7 Å². The minimum absolute atomic E-state index is 0.322. The van der Waals surface area contributed by atoms with Crippen molar-refractivity contribution >= 4 is 5.78 Å². The summed E-state index contributed by atoms with van der Waals surface area (Å²) in [4.78, 5) is 11.7. The fourth-order valence-electron chi connectivity index (χ4n) is 5.76. The Morgan fingerprint density at radius 2 is 2.14 bits per heavy atom. The summed E-state index contributed by atoms with van der Waals surface area (Å²) < 4.78 is 0. The highest BCUT2D eigenvalue weighted by Gasteiger charge is 2.53. The summed E-state index contributed by atoms with van der Waals surface area (Å²) in [6.07, 6.45) is 13.5. The van der Waals surface area contributed by atoms with E-state index in [0.717, 1.165) is 24.7 Å². The third kappa shape index (κ3) is 1.80. The van der Waals surface area contributed by atoms with E-state index in [1.165, 1.54) is 36.8 Å². The third-order valence-electron chi connectivity index (χ3n) is 6.87. The molecule has 0 unspecified atom stereocenters. The molecule has 4 aliphatic rings. The van der Waals surface area contributed by atoms with Crippen LogP contribution in [0.4, 0.5) is 0 Å². The molecule has 0 saturated heterocycles. The van der Waals surface area contributed by atoms with Gasteiger partial charge >= 0.3 is 0 Å². The van der Waals surface area contributed by atoms with Gasteiger partial charge in [-0.15, -0.1) is 5.73 Å². The molecule has 0 heterocycles. The second-order valence-electron chi connectivity index (χ2n) is 7.61. The number of hydrogen-bond acceptors (Lipinski definition) is 1. The van der Waals surface area contributed by atoms with Gasteiger partial charge in [0.25, 0.3) is 0 Å². The van der Waals surface area contributed by atoms with Crippen molar-refractivity contribution in [2.75, 3.05) is 0 Å². The van der Waals surface area contributed by atoms with Crippen LogP contribution in [-0.2, 0) is 4.79 Å². The zero-order chi connectivity index (χ0) is 14.6. The first-order chi connectivity index (χ1) is 10.1. The molecular weight excluding hydrogens is 256 g/mol. The molecule has 4 rings (SSSR count). The lowest BCUT2D eigenvalue weighted by Gasteiger charge is -2.50. The second kappa shape index (κ2) is 4.58. The Morgan fingerprint density at radius 1 is 1.29 bits per heavy atom. The van der Waals surface area contributed by atoms with Crippen LogP contribution in [-0.4, -0.2) is 5.78 Å². The maximum absolute atomic E-state index is 11.7. The van der Waals surface area contributed by atoms with Gasteiger partial charge in [-0.05, 0) is 78.4 Å². The minimum Gasteiger partial charge on any atom is -0.295 e. The van der Waals surface area contributed by atoms with Gasteiger partial charge in [-0.1, -0.05) is 25.7 Å². The van der Waals surface area contributed by atoms with Crippen molar-refractivity contribution in [1.82, 2.24) is 0 Å². The largest absolute Gasteiger partial charge is 0.295 e. The fraction of sp³-hybridized carbons (Fsp3) is 0.600. The lowest BCUT2D eigenvalue weighted by molar-refractivity contribution is -0.115. The Labute approximate surface area is 127 Å². The quantitative estimate of drug-likeness (QED) is 0.592. The summed E-state index contributed by atoms with van der Waals surface area (Å²) in [5, 5.41) is 0. The Bertz CT molecular complexity index is 601. The van der Waals surface area contributed by atoms with Gasteiger partial charge in [-0.2, -0.15) is 0 Å². The van der Waals surface area contributed by atoms with Crippen molar-refractivity contribution in [3.63, 3.8) is 0 Å². The third-order valence-corrected chi connectivity index (χ3v) is 6.87. The van der Waals surface area contributed by atoms with Crippen LogP contribution in [0.1, 0.15) is 45.4 Å². The molecule has 21 heavy (non-hydrogen) atoms. The predicted molar refractivity (Wildman–Crippen MR) is 84.7 cm³/mol. The Morgan fingerprint density at radius 3 is 2.95 bits per heavy atom. The van der Waals surface area contributed by atoms with E-state index in [0.29, 0.717) is 23.0 Å². The fourth-order valence-corrected chi connectivity index (χ4v) is 5.76. The van der Waals surface area contributed by atoms with Crippen molar-refractivity contribution in [3.8, 4) is 0 Å². The van der Waals surface area contributed by atoms with Gasteiger partial charge in [0, 0.05) is 6.42 Å². The number of fused-ring (bicyclic) bond motifs is 5. The number of allylic oxidation sites excluding steroid dienone is 5. The second-order valence-corrected chi connectivity index (χ2v) is 7.61. The molecule has 0 aromatic heterocycles. The zero-order valence-electron chi connectivity index (χ0n) is 12.9. The lowest BCUT2D eigenvalue weighted by Crippen LogP contribution is -2.43. The number of ketones is 1. The van der Waals surface area contributed by atoms with Crippen LogP contribution in [0.3, 0.4) is 0 Å². The average molecular weight is 280 g/mol. The maximum atomic E-state index is 11.7. The van der Waals surface area contributed by atoms with Crippen molar-refractivity contribution in [2.45, 2.75) is 45.4 Å². The van der Waals surface area contributed by atoms with Crippen LogP contribution in [0.25, 0.3) is 0 Å². The Hall–Kier alpha value is -1.33. The summed E-state index contributed by atoms with van der Waals surface area (Å²) >= 11 is 0. The average Bonchev–Trinajstić information content (AvgIpc) is 2.83. The standard InChI is InChI=1S/C20H24O/c1-3-14-5-9-19-18-7-4-13-12-15(21)6-8-16(13)17(18)10-11-20(14,19)2/h4,7,12,16-19H,1,5-6,8-11H2,2H3/t16-,17+,18+,19-,20+/m0/s1. The van der Waals surface area contributed by atoms with E-state index in [9.17, 15) is 4.79 Å². The zero-order valence-corrected chi connectivity index (χ0v) is 12.9. The van der Waals surface area contributed by atoms with Gasteiger partial charge in [-0.3, -0.25) is 4.79 Å². The van der Waals surface area contributed by atoms with E-state index in [-0.39, 0.29) is 0 Å². The van der Waals surface area contributed by atoms with E-state index in [1.54, 1.807) is 0 Å². The van der Waals surface area contributed by atoms with Gasteiger partial charge in [0.2, 0.25) is 0 Å². The van der Waals surface area contributed by atoms with Gasteiger partial charge in [0.15, 0.2) is 5.78 Å².